The van der Waals surface area contributed by atoms with Crippen molar-refractivity contribution >= 4 is 0 Å². The van der Waals surface area contributed by atoms with E-state index in [1.54, 1.807) is 0 Å². The SMILES string of the molecule is CCCNC(COCC(C)CCC)c1ccc(C)c(C)c1. The second-order valence-corrected chi connectivity index (χ2v) is 6.28. The summed E-state index contributed by atoms with van der Waals surface area (Å²) < 4.78 is 5.97. The van der Waals surface area contributed by atoms with Gasteiger partial charge in [0.25, 0.3) is 0 Å². The van der Waals surface area contributed by atoms with E-state index in [4.69, 9.17) is 4.74 Å². The maximum atomic E-state index is 5.97. The zero-order chi connectivity index (χ0) is 15.7. The summed E-state index contributed by atoms with van der Waals surface area (Å²) in [7, 11) is 0. The molecule has 0 heterocycles. The van der Waals surface area contributed by atoms with E-state index in [9.17, 15) is 0 Å². The van der Waals surface area contributed by atoms with E-state index in [1.165, 1.54) is 29.5 Å². The lowest BCUT2D eigenvalue weighted by Gasteiger charge is -2.21. The van der Waals surface area contributed by atoms with Gasteiger partial charge in [-0.2, -0.15) is 0 Å². The number of benzene rings is 1. The predicted octanol–water partition coefficient (Wildman–Crippen LogP) is 4.80. The second-order valence-electron chi connectivity index (χ2n) is 6.28. The topological polar surface area (TPSA) is 21.3 Å². The van der Waals surface area contributed by atoms with Crippen LogP contribution in [-0.4, -0.2) is 19.8 Å². The molecule has 0 amide bonds. The lowest BCUT2D eigenvalue weighted by molar-refractivity contribution is 0.0832. The molecule has 21 heavy (non-hydrogen) atoms. The van der Waals surface area contributed by atoms with Crippen LogP contribution in [0, 0.1) is 19.8 Å². The quantitative estimate of drug-likeness (QED) is 0.669. The Hall–Kier alpha value is -0.860. The van der Waals surface area contributed by atoms with Crippen LogP contribution in [0.5, 0.6) is 0 Å². The van der Waals surface area contributed by atoms with Gasteiger partial charge in [0.2, 0.25) is 0 Å². The van der Waals surface area contributed by atoms with Gasteiger partial charge in [-0.25, -0.2) is 0 Å². The van der Waals surface area contributed by atoms with Gasteiger partial charge in [-0.05, 0) is 55.8 Å². The summed E-state index contributed by atoms with van der Waals surface area (Å²) in [6.45, 7) is 13.7. The fraction of sp³-hybridized carbons (Fsp3) is 0.684. The van der Waals surface area contributed by atoms with Crippen molar-refractivity contribution in [2.75, 3.05) is 19.8 Å². The smallest absolute Gasteiger partial charge is 0.0661 e. The van der Waals surface area contributed by atoms with Crippen LogP contribution in [0.25, 0.3) is 0 Å². The zero-order valence-corrected chi connectivity index (χ0v) is 14.5. The van der Waals surface area contributed by atoms with Crippen molar-refractivity contribution in [2.24, 2.45) is 5.92 Å². The molecule has 0 aromatic heterocycles. The molecule has 0 aliphatic rings. The minimum absolute atomic E-state index is 0.304. The predicted molar refractivity (Wildman–Crippen MR) is 91.8 cm³/mol. The highest BCUT2D eigenvalue weighted by atomic mass is 16.5. The van der Waals surface area contributed by atoms with Gasteiger partial charge in [0.15, 0.2) is 0 Å². The monoisotopic (exact) mass is 291 g/mol. The number of hydrogen-bond donors (Lipinski definition) is 1. The number of rotatable bonds is 10. The van der Waals surface area contributed by atoms with Crippen LogP contribution in [0.3, 0.4) is 0 Å². The maximum Gasteiger partial charge on any atom is 0.0661 e. The molecule has 0 saturated heterocycles. The van der Waals surface area contributed by atoms with E-state index in [-0.39, 0.29) is 0 Å². The first-order valence-electron chi connectivity index (χ1n) is 8.46. The lowest BCUT2D eigenvalue weighted by Crippen LogP contribution is -2.27. The van der Waals surface area contributed by atoms with Gasteiger partial charge in [0.1, 0.15) is 0 Å². The van der Waals surface area contributed by atoms with Gasteiger partial charge < -0.3 is 10.1 Å². The summed E-state index contributed by atoms with van der Waals surface area (Å²) in [6.07, 6.45) is 3.63. The molecule has 2 heteroatoms. The van der Waals surface area contributed by atoms with Gasteiger partial charge in [-0.1, -0.05) is 45.4 Å². The first-order chi connectivity index (χ1) is 10.1. The molecule has 120 valence electrons. The van der Waals surface area contributed by atoms with Crippen LogP contribution < -0.4 is 5.32 Å². The summed E-state index contributed by atoms with van der Waals surface area (Å²) in [4.78, 5) is 0. The van der Waals surface area contributed by atoms with Crippen LogP contribution >= 0.6 is 0 Å². The van der Waals surface area contributed by atoms with Crippen molar-refractivity contribution in [1.29, 1.82) is 0 Å². The van der Waals surface area contributed by atoms with Gasteiger partial charge in [0, 0.05) is 6.61 Å². The first kappa shape index (κ1) is 18.2. The standard InChI is InChI=1S/C19H33NO/c1-6-8-15(3)13-21-14-19(20-11-7-2)18-10-9-16(4)17(5)12-18/h9-10,12,15,19-20H,6-8,11,13-14H2,1-5H3. The summed E-state index contributed by atoms with van der Waals surface area (Å²) in [6, 6.07) is 7.04. The minimum atomic E-state index is 0.304. The Balaban J connectivity index is 2.60. The maximum absolute atomic E-state index is 5.97. The van der Waals surface area contributed by atoms with Crippen molar-refractivity contribution in [3.05, 3.63) is 34.9 Å². The molecule has 0 fully saturated rings. The van der Waals surface area contributed by atoms with Crippen molar-refractivity contribution in [2.45, 2.75) is 59.9 Å². The third-order valence-electron chi connectivity index (χ3n) is 4.04. The number of aryl methyl sites for hydroxylation is 2. The van der Waals surface area contributed by atoms with E-state index in [0.29, 0.717) is 12.0 Å². The fourth-order valence-electron chi connectivity index (χ4n) is 2.54. The molecular weight excluding hydrogens is 258 g/mol. The summed E-state index contributed by atoms with van der Waals surface area (Å²) in [5, 5.41) is 3.61. The lowest BCUT2D eigenvalue weighted by atomic mass is 10.0. The van der Waals surface area contributed by atoms with Crippen LogP contribution in [-0.2, 0) is 4.74 Å². The Bertz CT molecular complexity index is 403. The normalized spacial score (nSPS) is 14.1. The van der Waals surface area contributed by atoms with E-state index in [0.717, 1.165) is 26.2 Å². The molecule has 1 aromatic carbocycles. The van der Waals surface area contributed by atoms with Crippen molar-refractivity contribution in [3.8, 4) is 0 Å². The molecular formula is C19H33NO. The summed E-state index contributed by atoms with van der Waals surface area (Å²) in [5.41, 5.74) is 4.05. The highest BCUT2D eigenvalue weighted by Crippen LogP contribution is 2.18. The van der Waals surface area contributed by atoms with E-state index < -0.39 is 0 Å². The molecule has 2 atom stereocenters. The van der Waals surface area contributed by atoms with Crippen molar-refractivity contribution in [1.82, 2.24) is 5.32 Å². The summed E-state index contributed by atoms with van der Waals surface area (Å²) >= 11 is 0. The van der Waals surface area contributed by atoms with Gasteiger partial charge in [-0.3, -0.25) is 0 Å². The average Bonchev–Trinajstić information content (AvgIpc) is 2.46. The van der Waals surface area contributed by atoms with Crippen LogP contribution in [0.15, 0.2) is 18.2 Å². The van der Waals surface area contributed by atoms with Crippen molar-refractivity contribution in [3.63, 3.8) is 0 Å². The Morgan fingerprint density at radius 3 is 2.43 bits per heavy atom. The summed E-state index contributed by atoms with van der Waals surface area (Å²) in [5.74, 6) is 0.654. The molecule has 0 aliphatic carbocycles. The molecule has 0 bridgehead atoms. The fourth-order valence-corrected chi connectivity index (χ4v) is 2.54. The Morgan fingerprint density at radius 2 is 1.81 bits per heavy atom. The largest absolute Gasteiger partial charge is 0.379 e. The zero-order valence-electron chi connectivity index (χ0n) is 14.5. The molecule has 0 spiro atoms. The third kappa shape index (κ3) is 6.62. The van der Waals surface area contributed by atoms with Crippen LogP contribution in [0.1, 0.15) is 62.8 Å². The molecule has 1 aromatic rings. The number of nitrogens with one attached hydrogen (secondary N) is 1. The van der Waals surface area contributed by atoms with E-state index in [2.05, 4.69) is 58.1 Å². The Labute approximate surface area is 131 Å². The third-order valence-corrected chi connectivity index (χ3v) is 4.04. The van der Waals surface area contributed by atoms with Crippen LogP contribution in [0.2, 0.25) is 0 Å². The minimum Gasteiger partial charge on any atom is -0.379 e. The number of hydrogen-bond acceptors (Lipinski definition) is 2. The average molecular weight is 291 g/mol. The molecule has 0 saturated carbocycles. The molecule has 0 radical (unpaired) electrons. The van der Waals surface area contributed by atoms with Crippen molar-refractivity contribution < 1.29 is 4.74 Å². The van der Waals surface area contributed by atoms with E-state index >= 15 is 0 Å². The molecule has 0 aliphatic heterocycles. The van der Waals surface area contributed by atoms with Gasteiger partial charge >= 0.3 is 0 Å². The molecule has 2 nitrogen and oxygen atoms in total. The molecule has 2 unspecified atom stereocenters. The van der Waals surface area contributed by atoms with Crippen LogP contribution in [0.4, 0.5) is 0 Å². The second kappa shape index (κ2) is 9.97. The van der Waals surface area contributed by atoms with E-state index in [1.807, 2.05) is 0 Å². The highest BCUT2D eigenvalue weighted by Gasteiger charge is 2.12. The Morgan fingerprint density at radius 1 is 1.05 bits per heavy atom. The number of ether oxygens (including phenoxy) is 1. The van der Waals surface area contributed by atoms with Gasteiger partial charge in [0.05, 0.1) is 12.6 Å². The first-order valence-corrected chi connectivity index (χ1v) is 8.46. The molecule has 1 N–H and O–H groups in total. The Kier molecular flexibility index (Phi) is 8.63. The molecule has 1 rings (SSSR count). The van der Waals surface area contributed by atoms with Gasteiger partial charge in [-0.15, -0.1) is 0 Å². The highest BCUT2D eigenvalue weighted by molar-refractivity contribution is 5.31.